The highest BCUT2D eigenvalue weighted by Gasteiger charge is 2.13. The molecule has 68 valence electrons. The van der Waals surface area contributed by atoms with Crippen LogP contribution < -0.4 is 0 Å². The van der Waals surface area contributed by atoms with Crippen LogP contribution in [0.4, 0.5) is 0 Å². The van der Waals surface area contributed by atoms with E-state index in [2.05, 4.69) is 18.4 Å². The second kappa shape index (κ2) is 4.29. The highest BCUT2D eigenvalue weighted by molar-refractivity contribution is 5.73. The lowest BCUT2D eigenvalue weighted by Gasteiger charge is -2.21. The van der Waals surface area contributed by atoms with Crippen LogP contribution in [0.1, 0.15) is 26.2 Å². The molecule has 1 rings (SSSR count). The van der Waals surface area contributed by atoms with Gasteiger partial charge in [0.2, 0.25) is 0 Å². The van der Waals surface area contributed by atoms with Crippen molar-refractivity contribution in [1.82, 2.24) is 4.90 Å². The van der Waals surface area contributed by atoms with E-state index in [1.165, 1.54) is 25.5 Å². The topological polar surface area (TPSA) is 27.1 Å². The first kappa shape index (κ1) is 9.30. The fourth-order valence-electron chi connectivity index (χ4n) is 1.64. The lowest BCUT2D eigenvalue weighted by atomic mass is 10.0. The van der Waals surface area contributed by atoms with Gasteiger partial charge in [-0.1, -0.05) is 13.5 Å². The van der Waals surface area contributed by atoms with Crippen molar-refractivity contribution in [3.63, 3.8) is 0 Å². The van der Waals surface area contributed by atoms with Gasteiger partial charge in [0.05, 0.1) is 0 Å². The van der Waals surface area contributed by atoms with Crippen LogP contribution in [0.25, 0.3) is 0 Å². The maximum absolute atomic E-state index is 7.10. The lowest BCUT2D eigenvalue weighted by molar-refractivity contribution is 0.372. The molecule has 1 unspecified atom stereocenters. The number of likely N-dealkylation sites (tertiary alicyclic amines) is 1. The molecule has 1 aliphatic heterocycles. The van der Waals surface area contributed by atoms with Crippen LogP contribution in [0.5, 0.6) is 0 Å². The number of hydrogen-bond donors (Lipinski definition) is 1. The summed E-state index contributed by atoms with van der Waals surface area (Å²) in [4.78, 5) is 2.22. The Hall–Kier alpha value is -0.790. The van der Waals surface area contributed by atoms with Gasteiger partial charge in [0.25, 0.3) is 0 Å². The van der Waals surface area contributed by atoms with E-state index < -0.39 is 0 Å². The van der Waals surface area contributed by atoms with E-state index in [-0.39, 0.29) is 0 Å². The Kier molecular flexibility index (Phi) is 3.32. The summed E-state index contributed by atoms with van der Waals surface area (Å²) in [6.07, 6.45) is 5.17. The van der Waals surface area contributed by atoms with Gasteiger partial charge in [-0.25, -0.2) is 0 Å². The van der Waals surface area contributed by atoms with Gasteiger partial charge in [-0.15, -0.1) is 0 Å². The normalized spacial score (nSPS) is 24.8. The first-order chi connectivity index (χ1) is 5.74. The minimum absolute atomic E-state index is 0.841. The van der Waals surface area contributed by atoms with E-state index in [9.17, 15) is 0 Å². The van der Waals surface area contributed by atoms with Gasteiger partial charge >= 0.3 is 0 Å². The van der Waals surface area contributed by atoms with Gasteiger partial charge in [0, 0.05) is 25.0 Å². The summed E-state index contributed by atoms with van der Waals surface area (Å²) in [7, 11) is 0. The van der Waals surface area contributed by atoms with E-state index in [1.54, 1.807) is 0 Å². The quantitative estimate of drug-likeness (QED) is 0.626. The highest BCUT2D eigenvalue weighted by Crippen LogP contribution is 2.17. The standard InChI is InChI=1S/C10H18N2/c1-9-4-3-6-12(7-5-9)10(2)8-11/h8-9,11H,2-7H2,1H3. The van der Waals surface area contributed by atoms with Gasteiger partial charge in [-0.2, -0.15) is 0 Å². The first-order valence-electron chi connectivity index (χ1n) is 4.68. The fraction of sp³-hybridized carbons (Fsp3) is 0.700. The summed E-state index contributed by atoms with van der Waals surface area (Å²) < 4.78 is 0. The average molecular weight is 166 g/mol. The van der Waals surface area contributed by atoms with Crippen LogP contribution in [-0.4, -0.2) is 24.2 Å². The number of allylic oxidation sites excluding steroid dienone is 1. The molecule has 0 aromatic heterocycles. The monoisotopic (exact) mass is 166 g/mol. The zero-order valence-corrected chi connectivity index (χ0v) is 7.84. The molecule has 0 aliphatic carbocycles. The number of nitrogens with zero attached hydrogens (tertiary/aromatic N) is 1. The SMILES string of the molecule is C=C(C=N)N1CCCC(C)CC1. The third-order valence-corrected chi connectivity index (χ3v) is 2.59. The summed E-state index contributed by atoms with van der Waals surface area (Å²) >= 11 is 0. The van der Waals surface area contributed by atoms with Crippen LogP contribution in [0.2, 0.25) is 0 Å². The van der Waals surface area contributed by atoms with E-state index in [1.807, 2.05) is 0 Å². The van der Waals surface area contributed by atoms with E-state index >= 15 is 0 Å². The summed E-state index contributed by atoms with van der Waals surface area (Å²) in [5.74, 6) is 0.841. The third kappa shape index (κ3) is 2.36. The summed E-state index contributed by atoms with van der Waals surface area (Å²) in [5.41, 5.74) is 0.865. The second-order valence-electron chi connectivity index (χ2n) is 3.66. The molecular weight excluding hydrogens is 148 g/mol. The molecule has 1 saturated heterocycles. The van der Waals surface area contributed by atoms with Crippen LogP contribution >= 0.6 is 0 Å². The molecule has 0 saturated carbocycles. The molecule has 2 heteroatoms. The number of rotatable bonds is 2. The van der Waals surface area contributed by atoms with Gasteiger partial charge in [-0.05, 0) is 25.2 Å². The average Bonchev–Trinajstić information content (AvgIpc) is 2.29. The highest BCUT2D eigenvalue weighted by atomic mass is 15.1. The van der Waals surface area contributed by atoms with Crippen molar-refractivity contribution < 1.29 is 0 Å². The first-order valence-corrected chi connectivity index (χ1v) is 4.68. The molecule has 1 N–H and O–H groups in total. The largest absolute Gasteiger partial charge is 0.371 e. The smallest absolute Gasteiger partial charge is 0.0471 e. The Morgan fingerprint density at radius 1 is 1.50 bits per heavy atom. The molecule has 12 heavy (non-hydrogen) atoms. The van der Waals surface area contributed by atoms with Crippen molar-refractivity contribution in [2.45, 2.75) is 26.2 Å². The molecule has 0 aromatic rings. The maximum atomic E-state index is 7.10. The van der Waals surface area contributed by atoms with Crippen molar-refractivity contribution in [2.75, 3.05) is 13.1 Å². The molecule has 0 bridgehead atoms. The number of hydrogen-bond acceptors (Lipinski definition) is 2. The zero-order chi connectivity index (χ0) is 8.97. The molecule has 1 fully saturated rings. The van der Waals surface area contributed by atoms with E-state index in [0.29, 0.717) is 0 Å². The molecule has 0 spiro atoms. The maximum Gasteiger partial charge on any atom is 0.0471 e. The Balaban J connectivity index is 2.45. The predicted molar refractivity (Wildman–Crippen MR) is 52.5 cm³/mol. The van der Waals surface area contributed by atoms with Gasteiger partial charge < -0.3 is 10.3 Å². The zero-order valence-electron chi connectivity index (χ0n) is 7.84. The molecule has 0 amide bonds. The minimum atomic E-state index is 0.841. The van der Waals surface area contributed by atoms with Crippen molar-refractivity contribution in [1.29, 1.82) is 5.41 Å². The second-order valence-corrected chi connectivity index (χ2v) is 3.66. The Bertz CT molecular complexity index is 175. The van der Waals surface area contributed by atoms with Gasteiger partial charge in [0.15, 0.2) is 0 Å². The van der Waals surface area contributed by atoms with E-state index in [0.717, 1.165) is 24.7 Å². The van der Waals surface area contributed by atoms with Crippen LogP contribution in [0, 0.1) is 11.3 Å². The molecule has 1 heterocycles. The predicted octanol–water partition coefficient (Wildman–Crippen LogP) is 2.27. The van der Waals surface area contributed by atoms with Crippen LogP contribution in [0.3, 0.4) is 0 Å². The molecule has 1 atom stereocenters. The summed E-state index contributed by atoms with van der Waals surface area (Å²) in [6.45, 7) is 8.31. The van der Waals surface area contributed by atoms with Crippen molar-refractivity contribution in [3.05, 3.63) is 12.3 Å². The van der Waals surface area contributed by atoms with Crippen molar-refractivity contribution in [3.8, 4) is 0 Å². The third-order valence-electron chi connectivity index (χ3n) is 2.59. The molecular formula is C10H18N2. The molecule has 2 nitrogen and oxygen atoms in total. The Morgan fingerprint density at radius 3 is 2.92 bits per heavy atom. The lowest BCUT2D eigenvalue weighted by Crippen LogP contribution is -2.24. The minimum Gasteiger partial charge on any atom is -0.371 e. The molecule has 1 aliphatic rings. The fourth-order valence-corrected chi connectivity index (χ4v) is 1.64. The molecule has 0 radical (unpaired) electrons. The van der Waals surface area contributed by atoms with Gasteiger partial charge in [0.1, 0.15) is 0 Å². The Labute approximate surface area is 74.8 Å². The van der Waals surface area contributed by atoms with Crippen molar-refractivity contribution in [2.24, 2.45) is 5.92 Å². The van der Waals surface area contributed by atoms with Crippen LogP contribution in [0.15, 0.2) is 12.3 Å². The van der Waals surface area contributed by atoms with Gasteiger partial charge in [-0.3, -0.25) is 0 Å². The van der Waals surface area contributed by atoms with E-state index in [4.69, 9.17) is 5.41 Å². The summed E-state index contributed by atoms with van der Waals surface area (Å²) in [5, 5.41) is 7.10. The summed E-state index contributed by atoms with van der Waals surface area (Å²) in [6, 6.07) is 0. The van der Waals surface area contributed by atoms with Crippen LogP contribution in [-0.2, 0) is 0 Å². The van der Waals surface area contributed by atoms with Crippen molar-refractivity contribution >= 4 is 6.21 Å². The molecule has 0 aromatic carbocycles. The Morgan fingerprint density at radius 2 is 2.25 bits per heavy atom. The number of nitrogens with one attached hydrogen (secondary N) is 1.